The van der Waals surface area contributed by atoms with Crippen LogP contribution in [0.2, 0.25) is 0 Å². The third-order valence-electron chi connectivity index (χ3n) is 4.78. The van der Waals surface area contributed by atoms with E-state index in [1.165, 1.54) is 11.3 Å². The Bertz CT molecular complexity index is 712. The summed E-state index contributed by atoms with van der Waals surface area (Å²) in [6.45, 7) is 4.43. The van der Waals surface area contributed by atoms with E-state index in [1.807, 2.05) is 17.0 Å². The molecule has 1 aromatic carbocycles. The molecule has 0 radical (unpaired) electrons. The van der Waals surface area contributed by atoms with Crippen LogP contribution >= 0.6 is 0 Å². The predicted octanol–water partition coefficient (Wildman–Crippen LogP) is 1.19. The summed E-state index contributed by atoms with van der Waals surface area (Å²) >= 11 is 0. The summed E-state index contributed by atoms with van der Waals surface area (Å²) < 4.78 is 0. The van der Waals surface area contributed by atoms with Crippen LogP contribution in [0.1, 0.15) is 5.56 Å². The van der Waals surface area contributed by atoms with Gasteiger partial charge < -0.3 is 14.7 Å². The average molecular weight is 323 g/mol. The van der Waals surface area contributed by atoms with Crippen molar-refractivity contribution in [1.82, 2.24) is 14.9 Å². The van der Waals surface area contributed by atoms with Gasteiger partial charge in [-0.1, -0.05) is 18.2 Å². The topological polar surface area (TPSA) is 52.6 Å². The Hall–Kier alpha value is -2.63. The maximum Gasteiger partial charge on any atom is 0.242 e. The number of amides is 1. The molecule has 2 aliphatic heterocycles. The van der Waals surface area contributed by atoms with Crippen molar-refractivity contribution in [2.45, 2.75) is 6.42 Å². The summed E-state index contributed by atoms with van der Waals surface area (Å²) in [6.07, 6.45) is 4.54. The number of rotatable bonds is 3. The largest absolute Gasteiger partial charge is 0.362 e. The first kappa shape index (κ1) is 14.9. The van der Waals surface area contributed by atoms with Crippen molar-refractivity contribution in [2.75, 3.05) is 49.1 Å². The normalized spacial score (nSPS) is 17.1. The van der Waals surface area contributed by atoms with Crippen molar-refractivity contribution in [3.8, 4) is 0 Å². The minimum atomic E-state index is 0.209. The lowest BCUT2D eigenvalue weighted by Crippen LogP contribution is -2.51. The van der Waals surface area contributed by atoms with E-state index in [1.54, 1.807) is 12.4 Å². The van der Waals surface area contributed by atoms with Gasteiger partial charge in [0.1, 0.15) is 0 Å². The molecule has 0 N–H and O–H groups in total. The number of carbonyl (C=O) groups is 1. The second kappa shape index (κ2) is 6.47. The quantitative estimate of drug-likeness (QED) is 0.849. The number of piperazine rings is 1. The van der Waals surface area contributed by atoms with E-state index in [2.05, 4.69) is 38.0 Å². The van der Waals surface area contributed by atoms with Gasteiger partial charge in [-0.05, 0) is 24.1 Å². The van der Waals surface area contributed by atoms with Gasteiger partial charge >= 0.3 is 0 Å². The first-order valence-electron chi connectivity index (χ1n) is 8.44. The third kappa shape index (κ3) is 2.91. The Morgan fingerprint density at radius 2 is 1.71 bits per heavy atom. The zero-order chi connectivity index (χ0) is 16.4. The zero-order valence-corrected chi connectivity index (χ0v) is 13.6. The molecule has 0 aliphatic carbocycles. The Kier molecular flexibility index (Phi) is 4.02. The minimum Gasteiger partial charge on any atom is -0.362 e. The van der Waals surface area contributed by atoms with Gasteiger partial charge in [0, 0.05) is 50.8 Å². The molecule has 0 saturated carbocycles. The highest BCUT2D eigenvalue weighted by Gasteiger charge is 2.26. The van der Waals surface area contributed by atoms with Gasteiger partial charge in [0.25, 0.3) is 0 Å². The number of nitrogens with zero attached hydrogens (tertiary/aromatic N) is 5. The number of hydrogen-bond donors (Lipinski definition) is 0. The zero-order valence-electron chi connectivity index (χ0n) is 13.6. The number of hydrogen-bond acceptors (Lipinski definition) is 5. The molecule has 1 saturated heterocycles. The predicted molar refractivity (Wildman–Crippen MR) is 93.2 cm³/mol. The van der Waals surface area contributed by atoms with Gasteiger partial charge in [-0.15, -0.1) is 0 Å². The summed E-state index contributed by atoms with van der Waals surface area (Å²) in [7, 11) is 0. The van der Waals surface area contributed by atoms with Crippen LogP contribution in [0.5, 0.6) is 0 Å². The third-order valence-corrected chi connectivity index (χ3v) is 4.78. The molecule has 6 nitrogen and oxygen atoms in total. The molecule has 0 atom stereocenters. The smallest absolute Gasteiger partial charge is 0.242 e. The molecule has 1 amide bonds. The lowest BCUT2D eigenvalue weighted by Gasteiger charge is -2.35. The lowest BCUT2D eigenvalue weighted by atomic mass is 10.2. The molecule has 124 valence electrons. The van der Waals surface area contributed by atoms with Crippen LogP contribution in [0.25, 0.3) is 0 Å². The van der Waals surface area contributed by atoms with E-state index in [4.69, 9.17) is 0 Å². The molecular formula is C18H21N5O. The number of aromatic nitrogens is 2. The number of fused-ring (bicyclic) bond motifs is 1. The standard InChI is InChI=1S/C18H21N5O/c24-17(14-23-9-6-15-4-1-2-5-16(15)23)21-10-12-22(13-11-21)18-19-7-3-8-20-18/h1-5,7-8H,6,9-14H2. The highest BCUT2D eigenvalue weighted by atomic mass is 16.2. The van der Waals surface area contributed by atoms with Crippen LogP contribution in [-0.4, -0.2) is 60.0 Å². The molecule has 0 unspecified atom stereocenters. The van der Waals surface area contributed by atoms with E-state index < -0.39 is 0 Å². The molecule has 4 rings (SSSR count). The molecule has 6 heteroatoms. The van der Waals surface area contributed by atoms with E-state index in [9.17, 15) is 4.79 Å². The second-order valence-electron chi connectivity index (χ2n) is 6.22. The van der Waals surface area contributed by atoms with Crippen LogP contribution in [-0.2, 0) is 11.2 Å². The molecule has 0 bridgehead atoms. The van der Waals surface area contributed by atoms with Gasteiger partial charge in [0.2, 0.25) is 11.9 Å². The number of para-hydroxylation sites is 1. The van der Waals surface area contributed by atoms with E-state index in [0.29, 0.717) is 6.54 Å². The van der Waals surface area contributed by atoms with Crippen molar-refractivity contribution in [3.05, 3.63) is 48.3 Å². The summed E-state index contributed by atoms with van der Waals surface area (Å²) in [5.74, 6) is 0.957. The van der Waals surface area contributed by atoms with Crippen LogP contribution in [0.15, 0.2) is 42.7 Å². The summed E-state index contributed by atoms with van der Waals surface area (Å²) in [5.41, 5.74) is 2.55. The number of benzene rings is 1. The molecule has 2 aliphatic rings. The van der Waals surface area contributed by atoms with Gasteiger partial charge in [-0.2, -0.15) is 0 Å². The second-order valence-corrected chi connectivity index (χ2v) is 6.22. The van der Waals surface area contributed by atoms with Crippen molar-refractivity contribution < 1.29 is 4.79 Å². The highest BCUT2D eigenvalue weighted by molar-refractivity contribution is 5.82. The Morgan fingerprint density at radius 3 is 2.50 bits per heavy atom. The fourth-order valence-corrected chi connectivity index (χ4v) is 3.44. The van der Waals surface area contributed by atoms with Gasteiger partial charge in [0.15, 0.2) is 0 Å². The fourth-order valence-electron chi connectivity index (χ4n) is 3.44. The Morgan fingerprint density at radius 1 is 0.958 bits per heavy atom. The number of anilines is 2. The first-order valence-corrected chi connectivity index (χ1v) is 8.44. The van der Waals surface area contributed by atoms with Gasteiger partial charge in [-0.25, -0.2) is 9.97 Å². The molecule has 1 aromatic heterocycles. The summed E-state index contributed by atoms with van der Waals surface area (Å²) in [6, 6.07) is 10.2. The SMILES string of the molecule is O=C(CN1CCc2ccccc21)N1CCN(c2ncccn2)CC1. The maximum absolute atomic E-state index is 12.6. The monoisotopic (exact) mass is 323 g/mol. The molecule has 24 heavy (non-hydrogen) atoms. The number of carbonyl (C=O) groups excluding carboxylic acids is 1. The van der Waals surface area contributed by atoms with Crippen molar-refractivity contribution in [3.63, 3.8) is 0 Å². The van der Waals surface area contributed by atoms with Crippen LogP contribution < -0.4 is 9.80 Å². The minimum absolute atomic E-state index is 0.209. The molecular weight excluding hydrogens is 302 g/mol. The van der Waals surface area contributed by atoms with Crippen LogP contribution in [0.3, 0.4) is 0 Å². The van der Waals surface area contributed by atoms with Gasteiger partial charge in [-0.3, -0.25) is 4.79 Å². The van der Waals surface area contributed by atoms with Crippen LogP contribution in [0, 0.1) is 0 Å². The van der Waals surface area contributed by atoms with Crippen molar-refractivity contribution in [1.29, 1.82) is 0 Å². The maximum atomic E-state index is 12.6. The lowest BCUT2D eigenvalue weighted by molar-refractivity contribution is -0.130. The molecule has 1 fully saturated rings. The average Bonchev–Trinajstić information content (AvgIpc) is 3.06. The highest BCUT2D eigenvalue weighted by Crippen LogP contribution is 2.27. The summed E-state index contributed by atoms with van der Waals surface area (Å²) in [5, 5.41) is 0. The molecule has 3 heterocycles. The fraction of sp³-hybridized carbons (Fsp3) is 0.389. The molecule has 2 aromatic rings. The first-order chi connectivity index (χ1) is 11.8. The van der Waals surface area contributed by atoms with Crippen molar-refractivity contribution >= 4 is 17.5 Å². The van der Waals surface area contributed by atoms with E-state index in [0.717, 1.165) is 45.1 Å². The van der Waals surface area contributed by atoms with Crippen molar-refractivity contribution in [2.24, 2.45) is 0 Å². The van der Waals surface area contributed by atoms with E-state index in [-0.39, 0.29) is 5.91 Å². The Labute approximate surface area is 141 Å². The Balaban J connectivity index is 1.34. The summed E-state index contributed by atoms with van der Waals surface area (Å²) in [4.78, 5) is 27.5. The van der Waals surface area contributed by atoms with Gasteiger partial charge in [0.05, 0.1) is 6.54 Å². The van der Waals surface area contributed by atoms with E-state index >= 15 is 0 Å². The molecule has 0 spiro atoms. The van der Waals surface area contributed by atoms with Crippen LogP contribution in [0.4, 0.5) is 11.6 Å².